The fourth-order valence-corrected chi connectivity index (χ4v) is 1.63. The Morgan fingerprint density at radius 3 is 2.40 bits per heavy atom. The van der Waals surface area contributed by atoms with Crippen molar-refractivity contribution in [3.8, 4) is 0 Å². The molecule has 2 aromatic rings. The van der Waals surface area contributed by atoms with Crippen molar-refractivity contribution < 1.29 is 0 Å². The Bertz CT molecular complexity index is 426. The number of aromatic amines is 1. The first-order chi connectivity index (χ1) is 7.24. The molecule has 0 radical (unpaired) electrons. The maximum Gasteiger partial charge on any atom is 0.0628 e. The lowest BCUT2D eigenvalue weighted by atomic mass is 10.1. The van der Waals surface area contributed by atoms with Crippen LogP contribution in [0.15, 0.2) is 30.3 Å². The van der Waals surface area contributed by atoms with Gasteiger partial charge in [-0.2, -0.15) is 5.10 Å². The molecule has 15 heavy (non-hydrogen) atoms. The van der Waals surface area contributed by atoms with Gasteiger partial charge in [0.15, 0.2) is 0 Å². The van der Waals surface area contributed by atoms with E-state index < -0.39 is 0 Å². The molecule has 2 heteroatoms. The van der Waals surface area contributed by atoms with E-state index in [1.54, 1.807) is 0 Å². The molecule has 1 aromatic carbocycles. The molecule has 2 nitrogen and oxygen atoms in total. The van der Waals surface area contributed by atoms with Crippen LogP contribution in [0.3, 0.4) is 0 Å². The van der Waals surface area contributed by atoms with Gasteiger partial charge in [0.1, 0.15) is 0 Å². The summed E-state index contributed by atoms with van der Waals surface area (Å²) in [4.78, 5) is 0. The van der Waals surface area contributed by atoms with Crippen molar-refractivity contribution in [3.05, 3.63) is 52.8 Å². The Morgan fingerprint density at radius 1 is 1.07 bits per heavy atom. The average molecular weight is 200 g/mol. The molecule has 0 bridgehead atoms. The van der Waals surface area contributed by atoms with Gasteiger partial charge >= 0.3 is 0 Å². The molecule has 0 atom stereocenters. The lowest BCUT2D eigenvalue weighted by Crippen LogP contribution is -1.91. The van der Waals surface area contributed by atoms with E-state index in [9.17, 15) is 0 Å². The van der Waals surface area contributed by atoms with Crippen molar-refractivity contribution >= 4 is 0 Å². The van der Waals surface area contributed by atoms with Crippen LogP contribution in [-0.4, -0.2) is 10.2 Å². The molecule has 1 aromatic heterocycles. The van der Waals surface area contributed by atoms with Gasteiger partial charge in [-0.15, -0.1) is 0 Å². The zero-order chi connectivity index (χ0) is 10.7. The molecular formula is C13H16N2. The van der Waals surface area contributed by atoms with Gasteiger partial charge in [-0.25, -0.2) is 0 Å². The highest BCUT2D eigenvalue weighted by molar-refractivity contribution is 5.22. The maximum absolute atomic E-state index is 4.22. The molecule has 0 unspecified atom stereocenters. The minimum absolute atomic E-state index is 1.01. The van der Waals surface area contributed by atoms with Crippen LogP contribution in [-0.2, 0) is 12.8 Å². The topological polar surface area (TPSA) is 28.7 Å². The van der Waals surface area contributed by atoms with Crippen molar-refractivity contribution in [3.63, 3.8) is 0 Å². The lowest BCUT2D eigenvalue weighted by molar-refractivity contribution is 0.889. The highest BCUT2D eigenvalue weighted by Crippen LogP contribution is 2.07. The zero-order valence-electron chi connectivity index (χ0n) is 9.25. The molecule has 0 aliphatic rings. The van der Waals surface area contributed by atoms with E-state index >= 15 is 0 Å². The van der Waals surface area contributed by atoms with Crippen LogP contribution in [0.4, 0.5) is 0 Å². The molecule has 2 rings (SSSR count). The van der Waals surface area contributed by atoms with Crippen molar-refractivity contribution in [2.75, 3.05) is 0 Å². The standard InChI is InChI=1S/C13H16N2/c1-10-3-5-12(6-4-10)7-8-13-9-11(2)14-15-13/h3-6,9H,7-8H2,1-2H3,(H,14,15). The van der Waals surface area contributed by atoms with Crippen molar-refractivity contribution in [2.24, 2.45) is 0 Å². The molecule has 1 N–H and O–H groups in total. The summed E-state index contributed by atoms with van der Waals surface area (Å²) in [7, 11) is 0. The first-order valence-electron chi connectivity index (χ1n) is 5.30. The van der Waals surface area contributed by atoms with Gasteiger partial charge in [-0.1, -0.05) is 29.8 Å². The fraction of sp³-hybridized carbons (Fsp3) is 0.308. The summed E-state index contributed by atoms with van der Waals surface area (Å²) in [6, 6.07) is 10.8. The molecular weight excluding hydrogens is 184 g/mol. The first kappa shape index (κ1) is 9.97. The maximum atomic E-state index is 4.22. The van der Waals surface area contributed by atoms with E-state index in [1.807, 2.05) is 6.92 Å². The smallest absolute Gasteiger partial charge is 0.0628 e. The Hall–Kier alpha value is -1.57. The second-order valence-corrected chi connectivity index (χ2v) is 4.03. The summed E-state index contributed by atoms with van der Waals surface area (Å²) in [6.45, 7) is 4.14. The molecule has 1 heterocycles. The predicted octanol–water partition coefficient (Wildman–Crippen LogP) is 2.81. The van der Waals surface area contributed by atoms with Gasteiger partial charge in [0.2, 0.25) is 0 Å². The first-order valence-corrected chi connectivity index (χ1v) is 5.30. The summed E-state index contributed by atoms with van der Waals surface area (Å²) in [5.41, 5.74) is 4.97. The van der Waals surface area contributed by atoms with Gasteiger partial charge in [0.05, 0.1) is 5.69 Å². The Morgan fingerprint density at radius 2 is 1.80 bits per heavy atom. The van der Waals surface area contributed by atoms with Crippen LogP contribution in [0, 0.1) is 13.8 Å². The van der Waals surface area contributed by atoms with E-state index in [0.717, 1.165) is 24.2 Å². The van der Waals surface area contributed by atoms with Crippen molar-refractivity contribution in [1.29, 1.82) is 0 Å². The SMILES string of the molecule is Cc1ccc(CCc2cc(C)[nH]n2)cc1. The molecule has 78 valence electrons. The van der Waals surface area contributed by atoms with Crippen molar-refractivity contribution in [2.45, 2.75) is 26.7 Å². The fourth-order valence-electron chi connectivity index (χ4n) is 1.63. The Labute approximate surface area is 90.3 Å². The van der Waals surface area contributed by atoms with E-state index in [1.165, 1.54) is 11.1 Å². The van der Waals surface area contributed by atoms with Crippen LogP contribution in [0.5, 0.6) is 0 Å². The number of hydrogen-bond acceptors (Lipinski definition) is 1. The Kier molecular flexibility index (Phi) is 2.86. The van der Waals surface area contributed by atoms with Gasteiger partial charge < -0.3 is 0 Å². The van der Waals surface area contributed by atoms with Crippen molar-refractivity contribution in [1.82, 2.24) is 10.2 Å². The van der Waals surface area contributed by atoms with E-state index in [0.29, 0.717) is 0 Å². The molecule has 0 spiro atoms. The second kappa shape index (κ2) is 4.30. The molecule has 0 amide bonds. The molecule has 0 saturated heterocycles. The van der Waals surface area contributed by atoms with Crippen LogP contribution in [0.2, 0.25) is 0 Å². The molecule has 0 fully saturated rings. The second-order valence-electron chi connectivity index (χ2n) is 4.03. The average Bonchev–Trinajstić information content (AvgIpc) is 2.64. The number of aromatic nitrogens is 2. The number of hydrogen-bond donors (Lipinski definition) is 1. The van der Waals surface area contributed by atoms with Gasteiger partial charge in [0, 0.05) is 5.69 Å². The normalized spacial score (nSPS) is 10.5. The third kappa shape index (κ3) is 2.69. The summed E-state index contributed by atoms with van der Waals surface area (Å²) in [6.07, 6.45) is 2.07. The predicted molar refractivity (Wildman–Crippen MR) is 61.9 cm³/mol. The number of nitrogens with one attached hydrogen (secondary N) is 1. The molecule has 0 saturated carbocycles. The largest absolute Gasteiger partial charge is 0.283 e. The lowest BCUT2D eigenvalue weighted by Gasteiger charge is -1.99. The van der Waals surface area contributed by atoms with E-state index in [4.69, 9.17) is 0 Å². The monoisotopic (exact) mass is 200 g/mol. The summed E-state index contributed by atoms with van der Waals surface area (Å²) >= 11 is 0. The quantitative estimate of drug-likeness (QED) is 0.811. The van der Waals surface area contributed by atoms with E-state index in [2.05, 4.69) is 47.5 Å². The third-order valence-corrected chi connectivity index (χ3v) is 2.55. The van der Waals surface area contributed by atoms with Crippen LogP contribution >= 0.6 is 0 Å². The summed E-state index contributed by atoms with van der Waals surface area (Å²) < 4.78 is 0. The minimum Gasteiger partial charge on any atom is -0.283 e. The zero-order valence-corrected chi connectivity index (χ0v) is 9.25. The molecule has 0 aliphatic heterocycles. The van der Waals surface area contributed by atoms with Crippen LogP contribution < -0.4 is 0 Å². The number of benzene rings is 1. The third-order valence-electron chi connectivity index (χ3n) is 2.55. The highest BCUT2D eigenvalue weighted by atomic mass is 15.1. The molecule has 0 aliphatic carbocycles. The Balaban J connectivity index is 1.96. The number of aryl methyl sites for hydroxylation is 4. The van der Waals surface area contributed by atoms with Gasteiger partial charge in [-0.3, -0.25) is 5.10 Å². The van der Waals surface area contributed by atoms with Crippen LogP contribution in [0.25, 0.3) is 0 Å². The number of rotatable bonds is 3. The van der Waals surface area contributed by atoms with Gasteiger partial charge in [0.25, 0.3) is 0 Å². The summed E-state index contributed by atoms with van der Waals surface area (Å²) in [5, 5.41) is 7.19. The minimum atomic E-state index is 1.01. The van der Waals surface area contributed by atoms with Gasteiger partial charge in [-0.05, 0) is 38.3 Å². The highest BCUT2D eigenvalue weighted by Gasteiger charge is 1.98. The van der Waals surface area contributed by atoms with Crippen LogP contribution in [0.1, 0.15) is 22.5 Å². The number of nitrogens with zero attached hydrogens (tertiary/aromatic N) is 1. The van der Waals surface area contributed by atoms with E-state index in [-0.39, 0.29) is 0 Å². The summed E-state index contributed by atoms with van der Waals surface area (Å²) in [5.74, 6) is 0. The number of H-pyrrole nitrogens is 1.